The van der Waals surface area contributed by atoms with Crippen molar-refractivity contribution in [3.63, 3.8) is 0 Å². The third kappa shape index (κ3) is 4.90. The normalized spacial score (nSPS) is 13.4. The first kappa shape index (κ1) is 19.5. The molecule has 2 aromatic carbocycles. The van der Waals surface area contributed by atoms with Crippen molar-refractivity contribution in [2.45, 2.75) is 30.7 Å². The van der Waals surface area contributed by atoms with Crippen LogP contribution in [0.2, 0.25) is 0 Å². The predicted octanol–water partition coefficient (Wildman–Crippen LogP) is 2.84. The largest absolute Gasteiger partial charge is 0.350 e. The third-order valence-electron chi connectivity index (χ3n) is 4.38. The molecule has 0 spiro atoms. The Balaban J connectivity index is 1.65. The molecule has 0 radical (unpaired) electrons. The van der Waals surface area contributed by atoms with Crippen LogP contribution in [-0.4, -0.2) is 36.2 Å². The number of rotatable bonds is 6. The van der Waals surface area contributed by atoms with Crippen molar-refractivity contribution >= 4 is 29.3 Å². The summed E-state index contributed by atoms with van der Waals surface area (Å²) in [5.74, 6) is 0.180. The van der Waals surface area contributed by atoms with Crippen molar-refractivity contribution in [1.82, 2.24) is 5.32 Å². The Morgan fingerprint density at radius 3 is 2.63 bits per heavy atom. The average Bonchev–Trinajstić information content (AvgIpc) is 3.08. The molecular formula is C21H25N3O2S. The van der Waals surface area contributed by atoms with E-state index in [1.54, 1.807) is 6.07 Å². The van der Waals surface area contributed by atoms with E-state index in [0.29, 0.717) is 24.4 Å². The van der Waals surface area contributed by atoms with Gasteiger partial charge in [0, 0.05) is 29.2 Å². The van der Waals surface area contributed by atoms with E-state index in [2.05, 4.69) is 11.4 Å². The lowest BCUT2D eigenvalue weighted by atomic mass is 10.1. The maximum Gasteiger partial charge on any atom is 0.252 e. The van der Waals surface area contributed by atoms with Crippen molar-refractivity contribution in [3.05, 3.63) is 59.7 Å². The van der Waals surface area contributed by atoms with E-state index in [-0.39, 0.29) is 11.8 Å². The first-order valence-corrected chi connectivity index (χ1v) is 10.0. The zero-order valence-corrected chi connectivity index (χ0v) is 16.5. The summed E-state index contributed by atoms with van der Waals surface area (Å²) >= 11 is 1.40. The Morgan fingerprint density at radius 2 is 1.85 bits per heavy atom. The fourth-order valence-electron chi connectivity index (χ4n) is 3.00. The van der Waals surface area contributed by atoms with Crippen LogP contribution in [0.1, 0.15) is 29.8 Å². The molecule has 3 rings (SSSR count). The van der Waals surface area contributed by atoms with Gasteiger partial charge in [0.15, 0.2) is 0 Å². The second kappa shape index (κ2) is 8.15. The van der Waals surface area contributed by atoms with Crippen LogP contribution < -0.4 is 16.0 Å². The van der Waals surface area contributed by atoms with Crippen molar-refractivity contribution in [2.24, 2.45) is 5.73 Å². The monoisotopic (exact) mass is 383 g/mol. The molecule has 0 bridgehead atoms. The van der Waals surface area contributed by atoms with Gasteiger partial charge in [0.05, 0.1) is 11.3 Å². The molecule has 0 saturated heterocycles. The summed E-state index contributed by atoms with van der Waals surface area (Å²) in [5, 5.41) is 2.86. The van der Waals surface area contributed by atoms with Gasteiger partial charge in [-0.3, -0.25) is 9.59 Å². The molecule has 0 saturated carbocycles. The maximum atomic E-state index is 12.7. The van der Waals surface area contributed by atoms with Crippen LogP contribution in [0.4, 0.5) is 5.69 Å². The van der Waals surface area contributed by atoms with Crippen LogP contribution in [0, 0.1) is 0 Å². The molecule has 3 N–H and O–H groups in total. The molecule has 5 nitrogen and oxygen atoms in total. The molecule has 1 heterocycles. The van der Waals surface area contributed by atoms with Crippen LogP contribution in [0.3, 0.4) is 0 Å². The highest BCUT2D eigenvalue weighted by Gasteiger charge is 2.24. The van der Waals surface area contributed by atoms with Gasteiger partial charge in [-0.2, -0.15) is 0 Å². The number of anilines is 1. The summed E-state index contributed by atoms with van der Waals surface area (Å²) in [6.07, 6.45) is 0.889. The molecular weight excluding hydrogens is 358 g/mol. The van der Waals surface area contributed by atoms with Gasteiger partial charge in [0.25, 0.3) is 5.91 Å². The van der Waals surface area contributed by atoms with Crippen molar-refractivity contribution in [1.29, 1.82) is 0 Å². The summed E-state index contributed by atoms with van der Waals surface area (Å²) in [4.78, 5) is 27.8. The van der Waals surface area contributed by atoms with Crippen molar-refractivity contribution in [3.8, 4) is 0 Å². The highest BCUT2D eigenvalue weighted by Crippen LogP contribution is 2.29. The Bertz CT molecular complexity index is 845. The van der Waals surface area contributed by atoms with E-state index < -0.39 is 5.54 Å². The quantitative estimate of drug-likeness (QED) is 0.752. The van der Waals surface area contributed by atoms with Crippen molar-refractivity contribution < 1.29 is 9.59 Å². The number of thioether (sulfide) groups is 1. The number of carbonyl (C=O) groups excluding carboxylic acids is 2. The molecule has 0 aliphatic carbocycles. The number of benzene rings is 2. The van der Waals surface area contributed by atoms with Gasteiger partial charge in [-0.15, -0.1) is 11.8 Å². The lowest BCUT2D eigenvalue weighted by Crippen LogP contribution is -2.45. The standard InChI is InChI=1S/C21H25N3O2S/c1-21(2,22)14-23-20(26)16-8-4-6-10-18(16)27-13-19(25)24-12-11-15-7-3-5-9-17(15)24/h3-10H,11-14,22H2,1-2H3,(H,23,26). The topological polar surface area (TPSA) is 75.4 Å². The van der Waals surface area contributed by atoms with Gasteiger partial charge in [-0.05, 0) is 44.0 Å². The SMILES string of the molecule is CC(C)(N)CNC(=O)c1ccccc1SCC(=O)N1CCc2ccccc21. The Morgan fingerprint density at radius 1 is 1.15 bits per heavy atom. The van der Waals surface area contributed by atoms with Gasteiger partial charge in [0.1, 0.15) is 0 Å². The Labute approximate surface area is 164 Å². The molecule has 0 fully saturated rings. The highest BCUT2D eigenvalue weighted by atomic mass is 32.2. The molecule has 6 heteroatoms. The van der Waals surface area contributed by atoms with E-state index in [9.17, 15) is 9.59 Å². The number of nitrogens with one attached hydrogen (secondary N) is 1. The van der Waals surface area contributed by atoms with Gasteiger partial charge in [0.2, 0.25) is 5.91 Å². The van der Waals surface area contributed by atoms with E-state index in [1.165, 1.54) is 17.3 Å². The number of nitrogens with two attached hydrogens (primary N) is 1. The zero-order valence-electron chi connectivity index (χ0n) is 15.7. The average molecular weight is 384 g/mol. The fourth-order valence-corrected chi connectivity index (χ4v) is 3.92. The lowest BCUT2D eigenvalue weighted by Gasteiger charge is -2.20. The molecule has 142 valence electrons. The van der Waals surface area contributed by atoms with E-state index in [0.717, 1.165) is 17.0 Å². The number of hydrogen-bond acceptors (Lipinski definition) is 4. The lowest BCUT2D eigenvalue weighted by molar-refractivity contribution is -0.116. The number of amides is 2. The first-order chi connectivity index (χ1) is 12.8. The molecule has 0 atom stereocenters. The van der Waals surface area contributed by atoms with Crippen LogP contribution >= 0.6 is 11.8 Å². The van der Waals surface area contributed by atoms with Gasteiger partial charge >= 0.3 is 0 Å². The smallest absolute Gasteiger partial charge is 0.252 e. The predicted molar refractivity (Wildman–Crippen MR) is 110 cm³/mol. The molecule has 1 aliphatic heterocycles. The number of nitrogens with zero attached hydrogens (tertiary/aromatic N) is 1. The van der Waals surface area contributed by atoms with E-state index >= 15 is 0 Å². The number of hydrogen-bond donors (Lipinski definition) is 2. The zero-order chi connectivity index (χ0) is 19.4. The molecule has 2 aromatic rings. The molecule has 0 unspecified atom stereocenters. The first-order valence-electron chi connectivity index (χ1n) is 9.02. The van der Waals surface area contributed by atoms with Gasteiger partial charge in [-0.25, -0.2) is 0 Å². The van der Waals surface area contributed by atoms with Gasteiger partial charge in [-0.1, -0.05) is 30.3 Å². The molecule has 27 heavy (non-hydrogen) atoms. The Hall–Kier alpha value is -2.31. The van der Waals surface area contributed by atoms with Gasteiger partial charge < -0.3 is 16.0 Å². The Kier molecular flexibility index (Phi) is 5.87. The number of fused-ring (bicyclic) bond motifs is 1. The minimum atomic E-state index is -0.475. The molecule has 2 amide bonds. The minimum absolute atomic E-state index is 0.0586. The fraction of sp³-hybridized carbons (Fsp3) is 0.333. The maximum absolute atomic E-state index is 12.7. The number of para-hydroxylation sites is 1. The summed E-state index contributed by atoms with van der Waals surface area (Å²) in [6, 6.07) is 15.4. The summed E-state index contributed by atoms with van der Waals surface area (Å²) in [6.45, 7) is 4.82. The van der Waals surface area contributed by atoms with E-state index in [4.69, 9.17) is 5.73 Å². The molecule has 0 aromatic heterocycles. The highest BCUT2D eigenvalue weighted by molar-refractivity contribution is 8.00. The van der Waals surface area contributed by atoms with Crippen molar-refractivity contribution in [2.75, 3.05) is 23.7 Å². The van der Waals surface area contributed by atoms with Crippen LogP contribution in [0.25, 0.3) is 0 Å². The summed E-state index contributed by atoms with van der Waals surface area (Å²) in [5.41, 5.74) is 8.24. The van der Waals surface area contributed by atoms with Crippen LogP contribution in [-0.2, 0) is 11.2 Å². The second-order valence-corrected chi connectivity index (χ2v) is 8.40. The summed E-state index contributed by atoms with van der Waals surface area (Å²) in [7, 11) is 0. The van der Waals surface area contributed by atoms with E-state index in [1.807, 2.05) is 55.1 Å². The van der Waals surface area contributed by atoms with Crippen LogP contribution in [0.5, 0.6) is 0 Å². The third-order valence-corrected chi connectivity index (χ3v) is 5.43. The van der Waals surface area contributed by atoms with Crippen LogP contribution in [0.15, 0.2) is 53.4 Å². The number of carbonyl (C=O) groups is 2. The summed E-state index contributed by atoms with van der Waals surface area (Å²) < 4.78 is 0. The molecule has 1 aliphatic rings. The second-order valence-electron chi connectivity index (χ2n) is 7.38. The minimum Gasteiger partial charge on any atom is -0.350 e.